The molecule has 0 saturated heterocycles. The molecule has 0 unspecified atom stereocenters. The SMILES string of the molecule is N#Cc1ccnc(NC2CCC(O)CC2)c1Cl. The highest BCUT2D eigenvalue weighted by atomic mass is 35.5. The fraction of sp³-hybridized carbons (Fsp3) is 0.500. The van der Waals surface area contributed by atoms with Crippen molar-refractivity contribution < 1.29 is 5.11 Å². The van der Waals surface area contributed by atoms with Crippen molar-refractivity contribution in [2.24, 2.45) is 0 Å². The zero-order valence-electron chi connectivity index (χ0n) is 9.36. The molecule has 5 heteroatoms. The molecule has 1 saturated carbocycles. The number of rotatable bonds is 2. The molecule has 0 bridgehead atoms. The van der Waals surface area contributed by atoms with Gasteiger partial charge in [0, 0.05) is 12.2 Å². The van der Waals surface area contributed by atoms with Gasteiger partial charge < -0.3 is 10.4 Å². The van der Waals surface area contributed by atoms with Gasteiger partial charge in [0.2, 0.25) is 0 Å². The van der Waals surface area contributed by atoms with Crippen LogP contribution in [0.2, 0.25) is 5.02 Å². The Morgan fingerprint density at radius 1 is 1.41 bits per heavy atom. The number of aliphatic hydroxyl groups excluding tert-OH is 1. The summed E-state index contributed by atoms with van der Waals surface area (Å²) in [5.74, 6) is 0.562. The van der Waals surface area contributed by atoms with E-state index < -0.39 is 0 Å². The fourth-order valence-electron chi connectivity index (χ4n) is 2.04. The third-order valence-corrected chi connectivity index (χ3v) is 3.43. The molecule has 0 radical (unpaired) electrons. The molecular weight excluding hydrogens is 238 g/mol. The zero-order chi connectivity index (χ0) is 12.3. The van der Waals surface area contributed by atoms with Crippen molar-refractivity contribution in [3.05, 3.63) is 22.8 Å². The van der Waals surface area contributed by atoms with Crippen LogP contribution in [0.5, 0.6) is 0 Å². The van der Waals surface area contributed by atoms with Crippen molar-refractivity contribution in [3.63, 3.8) is 0 Å². The molecule has 0 amide bonds. The summed E-state index contributed by atoms with van der Waals surface area (Å²) < 4.78 is 0. The lowest BCUT2D eigenvalue weighted by atomic mass is 9.93. The summed E-state index contributed by atoms with van der Waals surface area (Å²) in [6, 6.07) is 3.90. The number of nitrogens with zero attached hydrogens (tertiary/aromatic N) is 2. The van der Waals surface area contributed by atoms with E-state index in [0.29, 0.717) is 16.4 Å². The number of aromatic nitrogens is 1. The van der Waals surface area contributed by atoms with Crippen LogP contribution >= 0.6 is 11.6 Å². The lowest BCUT2D eigenvalue weighted by Gasteiger charge is -2.26. The Kier molecular flexibility index (Phi) is 3.82. The van der Waals surface area contributed by atoms with E-state index in [1.165, 1.54) is 0 Å². The highest BCUT2D eigenvalue weighted by Crippen LogP contribution is 2.27. The minimum Gasteiger partial charge on any atom is -0.393 e. The van der Waals surface area contributed by atoms with Crippen LogP contribution in [0, 0.1) is 11.3 Å². The molecule has 2 N–H and O–H groups in total. The number of halogens is 1. The van der Waals surface area contributed by atoms with E-state index >= 15 is 0 Å². The number of pyridine rings is 1. The van der Waals surface area contributed by atoms with E-state index in [4.69, 9.17) is 16.9 Å². The molecule has 0 atom stereocenters. The van der Waals surface area contributed by atoms with Crippen LogP contribution in [-0.2, 0) is 0 Å². The summed E-state index contributed by atoms with van der Waals surface area (Å²) in [5, 5.41) is 21.9. The van der Waals surface area contributed by atoms with Crippen molar-refractivity contribution in [3.8, 4) is 6.07 Å². The summed E-state index contributed by atoms with van der Waals surface area (Å²) in [4.78, 5) is 4.14. The predicted molar refractivity (Wildman–Crippen MR) is 65.8 cm³/mol. The van der Waals surface area contributed by atoms with Crippen LogP contribution in [0.25, 0.3) is 0 Å². The number of hydrogen-bond donors (Lipinski definition) is 2. The third-order valence-electron chi connectivity index (χ3n) is 3.05. The Balaban J connectivity index is 2.06. The van der Waals surface area contributed by atoms with Gasteiger partial charge >= 0.3 is 0 Å². The number of anilines is 1. The average Bonchev–Trinajstić information content (AvgIpc) is 2.35. The Morgan fingerprint density at radius 2 is 2.12 bits per heavy atom. The van der Waals surface area contributed by atoms with Crippen LogP contribution in [0.4, 0.5) is 5.82 Å². The minimum atomic E-state index is -0.179. The molecule has 17 heavy (non-hydrogen) atoms. The maximum absolute atomic E-state index is 9.42. The molecule has 0 aromatic carbocycles. The van der Waals surface area contributed by atoms with E-state index in [1.54, 1.807) is 12.3 Å². The first kappa shape index (κ1) is 12.2. The maximum Gasteiger partial charge on any atom is 0.146 e. The van der Waals surface area contributed by atoms with Gasteiger partial charge in [-0.15, -0.1) is 0 Å². The van der Waals surface area contributed by atoms with Gasteiger partial charge in [-0.2, -0.15) is 5.26 Å². The van der Waals surface area contributed by atoms with Crippen LogP contribution < -0.4 is 5.32 Å². The second-order valence-corrected chi connectivity index (χ2v) is 4.66. The first-order valence-electron chi connectivity index (χ1n) is 5.70. The Bertz CT molecular complexity index is 436. The topological polar surface area (TPSA) is 68.9 Å². The number of aliphatic hydroxyl groups is 1. The molecule has 2 rings (SSSR count). The lowest BCUT2D eigenvalue weighted by Crippen LogP contribution is -2.28. The van der Waals surface area contributed by atoms with E-state index in [-0.39, 0.29) is 12.1 Å². The smallest absolute Gasteiger partial charge is 0.146 e. The maximum atomic E-state index is 9.42. The highest BCUT2D eigenvalue weighted by Gasteiger charge is 2.20. The zero-order valence-corrected chi connectivity index (χ0v) is 10.1. The third kappa shape index (κ3) is 2.87. The van der Waals surface area contributed by atoms with Gasteiger partial charge in [-0.05, 0) is 31.7 Å². The van der Waals surface area contributed by atoms with E-state index in [0.717, 1.165) is 25.7 Å². The second-order valence-electron chi connectivity index (χ2n) is 4.28. The van der Waals surface area contributed by atoms with Crippen molar-refractivity contribution in [2.45, 2.75) is 37.8 Å². The Hall–Kier alpha value is -1.31. The van der Waals surface area contributed by atoms with Gasteiger partial charge in [0.05, 0.1) is 11.7 Å². The predicted octanol–water partition coefficient (Wildman–Crippen LogP) is 2.32. The number of hydrogen-bond acceptors (Lipinski definition) is 4. The summed E-state index contributed by atoms with van der Waals surface area (Å²) in [6.45, 7) is 0. The van der Waals surface area contributed by atoms with E-state index in [1.807, 2.05) is 6.07 Å². The summed E-state index contributed by atoms with van der Waals surface area (Å²) in [7, 11) is 0. The fourth-order valence-corrected chi connectivity index (χ4v) is 2.25. The first-order chi connectivity index (χ1) is 8.20. The van der Waals surface area contributed by atoms with Gasteiger partial charge in [-0.25, -0.2) is 4.98 Å². The number of nitriles is 1. The molecule has 1 fully saturated rings. The summed E-state index contributed by atoms with van der Waals surface area (Å²) in [6.07, 6.45) is 4.79. The molecule has 90 valence electrons. The van der Waals surface area contributed by atoms with Gasteiger partial charge in [0.25, 0.3) is 0 Å². The molecule has 1 aromatic heterocycles. The first-order valence-corrected chi connectivity index (χ1v) is 6.07. The normalized spacial score (nSPS) is 24.1. The average molecular weight is 252 g/mol. The van der Waals surface area contributed by atoms with Gasteiger partial charge in [-0.1, -0.05) is 11.6 Å². The van der Waals surface area contributed by atoms with Gasteiger partial charge in [0.1, 0.15) is 16.9 Å². The van der Waals surface area contributed by atoms with Crippen LogP contribution in [-0.4, -0.2) is 22.2 Å². The molecule has 1 heterocycles. The molecule has 4 nitrogen and oxygen atoms in total. The van der Waals surface area contributed by atoms with Crippen molar-refractivity contribution >= 4 is 17.4 Å². The van der Waals surface area contributed by atoms with E-state index in [9.17, 15) is 5.11 Å². The monoisotopic (exact) mass is 251 g/mol. The molecule has 0 spiro atoms. The van der Waals surface area contributed by atoms with Crippen LogP contribution in [0.1, 0.15) is 31.2 Å². The Labute approximate surface area is 105 Å². The highest BCUT2D eigenvalue weighted by molar-refractivity contribution is 6.34. The van der Waals surface area contributed by atoms with Crippen molar-refractivity contribution in [1.29, 1.82) is 5.26 Å². The molecule has 0 aliphatic heterocycles. The lowest BCUT2D eigenvalue weighted by molar-refractivity contribution is 0.126. The standard InChI is InChI=1S/C12H14ClN3O/c13-11-8(7-14)5-6-15-12(11)16-9-1-3-10(17)4-2-9/h5-6,9-10,17H,1-4H2,(H,15,16). The molecular formula is C12H14ClN3O. The molecule has 1 aliphatic rings. The van der Waals surface area contributed by atoms with Crippen molar-refractivity contribution in [2.75, 3.05) is 5.32 Å². The summed E-state index contributed by atoms with van der Waals surface area (Å²) in [5.41, 5.74) is 0.431. The largest absolute Gasteiger partial charge is 0.393 e. The quantitative estimate of drug-likeness (QED) is 0.846. The Morgan fingerprint density at radius 3 is 2.76 bits per heavy atom. The summed E-state index contributed by atoms with van der Waals surface area (Å²) >= 11 is 6.06. The second kappa shape index (κ2) is 5.35. The van der Waals surface area contributed by atoms with Crippen LogP contribution in [0.15, 0.2) is 12.3 Å². The van der Waals surface area contributed by atoms with Gasteiger partial charge in [-0.3, -0.25) is 0 Å². The van der Waals surface area contributed by atoms with Crippen LogP contribution in [0.3, 0.4) is 0 Å². The molecule has 1 aliphatic carbocycles. The minimum absolute atomic E-state index is 0.179. The number of nitrogens with one attached hydrogen (secondary N) is 1. The van der Waals surface area contributed by atoms with Crippen molar-refractivity contribution in [1.82, 2.24) is 4.98 Å². The van der Waals surface area contributed by atoms with Gasteiger partial charge in [0.15, 0.2) is 0 Å². The molecule has 1 aromatic rings. The van der Waals surface area contributed by atoms with E-state index in [2.05, 4.69) is 10.3 Å².